The van der Waals surface area contributed by atoms with Crippen LogP contribution in [0.25, 0.3) is 0 Å². The lowest BCUT2D eigenvalue weighted by atomic mass is 9.90. The van der Waals surface area contributed by atoms with Crippen LogP contribution in [0.3, 0.4) is 0 Å². The molecule has 1 N–H and O–H groups in total. The Bertz CT molecular complexity index is 573. The van der Waals surface area contributed by atoms with Crippen LogP contribution in [0.1, 0.15) is 35.7 Å². The minimum Gasteiger partial charge on any atom is -0.338 e. The van der Waals surface area contributed by atoms with Crippen molar-refractivity contribution in [2.24, 2.45) is 7.05 Å². The number of hydrogen-bond donors (Lipinski definition) is 1. The van der Waals surface area contributed by atoms with Gasteiger partial charge in [0.2, 0.25) is 0 Å². The monoisotopic (exact) mass is 269 g/mol. The fraction of sp³-hybridized carbons (Fsp3) is 0.471. The molecule has 0 fully saturated rings. The zero-order chi connectivity index (χ0) is 13.9. The number of nitrogens with zero attached hydrogens (tertiary/aromatic N) is 2. The minimum atomic E-state index is 0.537. The maximum Gasteiger partial charge on any atom is 0.108 e. The van der Waals surface area contributed by atoms with Gasteiger partial charge in [-0.3, -0.25) is 0 Å². The lowest BCUT2D eigenvalue weighted by molar-refractivity contribution is 0.427. The standard InChI is InChI=1S/C17H23N3/c1-18-16(9-10-17-19-11-12-20(17)2)15-8-7-13-5-3-4-6-14(13)15/h3-6,11-12,15-16,18H,7-10H2,1-2H3. The highest BCUT2D eigenvalue weighted by Gasteiger charge is 2.28. The molecule has 2 aromatic rings. The van der Waals surface area contributed by atoms with Crippen LogP contribution in [0.2, 0.25) is 0 Å². The molecule has 3 heteroatoms. The number of likely N-dealkylation sites (N-methyl/N-ethyl adjacent to an activating group) is 1. The zero-order valence-electron chi connectivity index (χ0n) is 12.3. The van der Waals surface area contributed by atoms with Gasteiger partial charge in [-0.15, -0.1) is 0 Å². The normalized spacial score (nSPS) is 19.0. The third kappa shape index (κ3) is 2.50. The fourth-order valence-electron chi connectivity index (χ4n) is 3.48. The van der Waals surface area contributed by atoms with E-state index < -0.39 is 0 Å². The van der Waals surface area contributed by atoms with Gasteiger partial charge in [-0.2, -0.15) is 0 Å². The summed E-state index contributed by atoms with van der Waals surface area (Å²) < 4.78 is 2.12. The van der Waals surface area contributed by atoms with Gasteiger partial charge in [0.05, 0.1) is 0 Å². The molecule has 0 saturated heterocycles. The van der Waals surface area contributed by atoms with Gasteiger partial charge in [0.1, 0.15) is 5.82 Å². The Labute approximate surface area is 121 Å². The highest BCUT2D eigenvalue weighted by Crippen LogP contribution is 2.36. The first-order valence-corrected chi connectivity index (χ1v) is 7.51. The molecule has 1 aromatic heterocycles. The summed E-state index contributed by atoms with van der Waals surface area (Å²) >= 11 is 0. The summed E-state index contributed by atoms with van der Waals surface area (Å²) in [4.78, 5) is 4.43. The smallest absolute Gasteiger partial charge is 0.108 e. The Balaban J connectivity index is 1.70. The zero-order valence-corrected chi connectivity index (χ0v) is 12.3. The molecule has 1 aliphatic rings. The molecule has 1 aliphatic carbocycles. The van der Waals surface area contributed by atoms with E-state index in [9.17, 15) is 0 Å². The lowest BCUT2D eigenvalue weighted by Gasteiger charge is -2.24. The van der Waals surface area contributed by atoms with Crippen LogP contribution < -0.4 is 5.32 Å². The van der Waals surface area contributed by atoms with Crippen LogP contribution in [0.4, 0.5) is 0 Å². The summed E-state index contributed by atoms with van der Waals surface area (Å²) in [5.41, 5.74) is 3.08. The van der Waals surface area contributed by atoms with Crippen molar-refractivity contribution in [1.82, 2.24) is 14.9 Å². The maximum atomic E-state index is 4.43. The van der Waals surface area contributed by atoms with E-state index in [4.69, 9.17) is 0 Å². The van der Waals surface area contributed by atoms with E-state index in [0.717, 1.165) is 12.8 Å². The number of nitrogens with one attached hydrogen (secondary N) is 1. The van der Waals surface area contributed by atoms with E-state index in [1.165, 1.54) is 24.2 Å². The molecule has 0 aliphatic heterocycles. The van der Waals surface area contributed by atoms with E-state index in [1.807, 2.05) is 12.4 Å². The molecular formula is C17H23N3. The van der Waals surface area contributed by atoms with Crippen LogP contribution in [-0.4, -0.2) is 22.6 Å². The fourth-order valence-corrected chi connectivity index (χ4v) is 3.48. The number of rotatable bonds is 5. The van der Waals surface area contributed by atoms with Crippen LogP contribution in [0.5, 0.6) is 0 Å². The van der Waals surface area contributed by atoms with Crippen molar-refractivity contribution in [3.63, 3.8) is 0 Å². The van der Waals surface area contributed by atoms with Crippen LogP contribution >= 0.6 is 0 Å². The second kappa shape index (κ2) is 5.80. The van der Waals surface area contributed by atoms with E-state index in [1.54, 1.807) is 5.56 Å². The van der Waals surface area contributed by atoms with Crippen molar-refractivity contribution in [2.45, 2.75) is 37.6 Å². The van der Waals surface area contributed by atoms with E-state index >= 15 is 0 Å². The molecule has 1 heterocycles. The van der Waals surface area contributed by atoms with Crippen LogP contribution in [0, 0.1) is 0 Å². The average molecular weight is 269 g/mol. The molecule has 106 valence electrons. The molecule has 3 nitrogen and oxygen atoms in total. The first-order valence-electron chi connectivity index (χ1n) is 7.51. The lowest BCUT2D eigenvalue weighted by Crippen LogP contribution is -2.32. The SMILES string of the molecule is CNC(CCc1nccn1C)C1CCc2ccccc21. The molecule has 0 radical (unpaired) electrons. The van der Waals surface area contributed by atoms with Gasteiger partial charge in [-0.05, 0) is 43.4 Å². The molecule has 0 saturated carbocycles. The van der Waals surface area contributed by atoms with E-state index in [0.29, 0.717) is 12.0 Å². The summed E-state index contributed by atoms with van der Waals surface area (Å²) in [6, 6.07) is 9.45. The molecule has 0 bridgehead atoms. The van der Waals surface area contributed by atoms with Gasteiger partial charge in [-0.1, -0.05) is 24.3 Å². The number of fused-ring (bicyclic) bond motifs is 1. The molecule has 0 amide bonds. The molecule has 0 spiro atoms. The molecule has 20 heavy (non-hydrogen) atoms. The highest BCUT2D eigenvalue weighted by molar-refractivity contribution is 5.36. The number of imidazole rings is 1. The van der Waals surface area contributed by atoms with Crippen molar-refractivity contribution in [2.75, 3.05) is 7.05 Å². The average Bonchev–Trinajstić information content (AvgIpc) is 3.07. The first-order chi connectivity index (χ1) is 9.79. The van der Waals surface area contributed by atoms with Gasteiger partial charge in [0, 0.05) is 31.9 Å². The van der Waals surface area contributed by atoms with Crippen molar-refractivity contribution < 1.29 is 0 Å². The van der Waals surface area contributed by atoms with Crippen molar-refractivity contribution in [3.8, 4) is 0 Å². The molecule has 1 aromatic carbocycles. The largest absolute Gasteiger partial charge is 0.338 e. The van der Waals surface area contributed by atoms with Gasteiger partial charge >= 0.3 is 0 Å². The van der Waals surface area contributed by atoms with Crippen LogP contribution in [0.15, 0.2) is 36.7 Å². The summed E-state index contributed by atoms with van der Waals surface area (Å²) in [7, 11) is 4.16. The van der Waals surface area contributed by atoms with Gasteiger partial charge in [0.15, 0.2) is 0 Å². The highest BCUT2D eigenvalue weighted by atomic mass is 15.0. The summed E-state index contributed by atoms with van der Waals surface area (Å²) in [5, 5.41) is 3.53. The van der Waals surface area contributed by atoms with Crippen molar-refractivity contribution in [1.29, 1.82) is 0 Å². The first kappa shape index (κ1) is 13.4. The third-order valence-corrected chi connectivity index (χ3v) is 4.64. The van der Waals surface area contributed by atoms with Crippen LogP contribution in [-0.2, 0) is 19.9 Å². The maximum absolute atomic E-state index is 4.43. The Hall–Kier alpha value is -1.61. The Kier molecular flexibility index (Phi) is 3.88. The Morgan fingerprint density at radius 2 is 2.25 bits per heavy atom. The molecule has 2 unspecified atom stereocenters. The molecular weight excluding hydrogens is 246 g/mol. The Morgan fingerprint density at radius 1 is 1.40 bits per heavy atom. The van der Waals surface area contributed by atoms with E-state index in [2.05, 4.69) is 53.2 Å². The predicted molar refractivity (Wildman–Crippen MR) is 81.9 cm³/mol. The molecule has 3 rings (SSSR count). The third-order valence-electron chi connectivity index (χ3n) is 4.64. The second-order valence-corrected chi connectivity index (χ2v) is 5.73. The molecule has 2 atom stereocenters. The topological polar surface area (TPSA) is 29.9 Å². The van der Waals surface area contributed by atoms with Gasteiger partial charge in [0.25, 0.3) is 0 Å². The van der Waals surface area contributed by atoms with Crippen molar-refractivity contribution >= 4 is 0 Å². The summed E-state index contributed by atoms with van der Waals surface area (Å²) in [6.07, 6.45) is 8.57. The number of benzene rings is 1. The minimum absolute atomic E-state index is 0.537. The second-order valence-electron chi connectivity index (χ2n) is 5.73. The van der Waals surface area contributed by atoms with E-state index in [-0.39, 0.29) is 0 Å². The predicted octanol–water partition coefficient (Wildman–Crippen LogP) is 2.67. The Morgan fingerprint density at radius 3 is 3.00 bits per heavy atom. The summed E-state index contributed by atoms with van der Waals surface area (Å²) in [6.45, 7) is 0. The summed E-state index contributed by atoms with van der Waals surface area (Å²) in [5.74, 6) is 1.83. The van der Waals surface area contributed by atoms with Gasteiger partial charge < -0.3 is 9.88 Å². The number of hydrogen-bond acceptors (Lipinski definition) is 2. The number of aromatic nitrogens is 2. The van der Waals surface area contributed by atoms with Crippen molar-refractivity contribution in [3.05, 3.63) is 53.6 Å². The number of aryl methyl sites for hydroxylation is 3. The van der Waals surface area contributed by atoms with Gasteiger partial charge in [-0.25, -0.2) is 4.98 Å². The quantitative estimate of drug-likeness (QED) is 0.904.